The average molecular weight is 689 g/mol. The van der Waals surface area contributed by atoms with Gasteiger partial charge < -0.3 is 14.2 Å². The number of carbonyl (C=O) groups excluding carboxylic acids is 1. The lowest BCUT2D eigenvalue weighted by atomic mass is 9.34. The van der Waals surface area contributed by atoms with Crippen molar-refractivity contribution in [3.8, 4) is 0 Å². The van der Waals surface area contributed by atoms with Crippen molar-refractivity contribution < 1.29 is 19.0 Å². The predicted octanol–water partition coefficient (Wildman–Crippen LogP) is 11.3. The molecule has 1 saturated heterocycles. The number of ether oxygens (including phenoxy) is 3. The van der Waals surface area contributed by atoms with Gasteiger partial charge in [-0.2, -0.15) is 0 Å². The largest absolute Gasteiger partial charge is 0.461 e. The Hall–Kier alpha value is -1.65. The highest BCUT2D eigenvalue weighted by Crippen LogP contribution is 2.75. The second kappa shape index (κ2) is 13.3. The molecule has 1 aliphatic heterocycles. The molecule has 1 aromatic rings. The maximum absolute atomic E-state index is 14.7. The van der Waals surface area contributed by atoms with Gasteiger partial charge in [-0.05, 0) is 101 Å². The lowest BCUT2D eigenvalue weighted by Gasteiger charge is -2.71. The van der Waals surface area contributed by atoms with Gasteiger partial charge in [-0.15, -0.1) is 0 Å². The van der Waals surface area contributed by atoms with Gasteiger partial charge in [0.1, 0.15) is 6.61 Å². The quantitative estimate of drug-likeness (QED) is 0.191. The summed E-state index contributed by atoms with van der Waals surface area (Å²) in [7, 11) is 0. The van der Waals surface area contributed by atoms with E-state index in [1.165, 1.54) is 12.8 Å². The van der Waals surface area contributed by atoms with Gasteiger partial charge in [0.2, 0.25) is 0 Å². The van der Waals surface area contributed by atoms with Crippen molar-refractivity contribution in [3.05, 3.63) is 47.5 Å². The van der Waals surface area contributed by atoms with Crippen LogP contribution >= 0.6 is 0 Å². The molecule has 12 atom stereocenters. The van der Waals surface area contributed by atoms with Crippen LogP contribution in [0.5, 0.6) is 0 Å². The molecule has 1 heterocycles. The van der Waals surface area contributed by atoms with Crippen LogP contribution in [-0.4, -0.2) is 31.9 Å². The highest BCUT2D eigenvalue weighted by molar-refractivity contribution is 5.75. The topological polar surface area (TPSA) is 44.8 Å². The third-order valence-corrected chi connectivity index (χ3v) is 16.8. The van der Waals surface area contributed by atoms with Crippen LogP contribution in [0, 0.1) is 73.9 Å². The van der Waals surface area contributed by atoms with Crippen LogP contribution in [0.15, 0.2) is 42.0 Å². The molecular formula is C46H72O4. The normalized spacial score (nSPS) is 42.4. The Morgan fingerprint density at radius 1 is 0.980 bits per heavy atom. The Morgan fingerprint density at radius 2 is 1.68 bits per heavy atom. The van der Waals surface area contributed by atoms with Crippen molar-refractivity contribution in [1.82, 2.24) is 0 Å². The summed E-state index contributed by atoms with van der Waals surface area (Å²) in [6.07, 6.45) is 10.8. The zero-order chi connectivity index (χ0) is 36.5. The molecule has 50 heavy (non-hydrogen) atoms. The van der Waals surface area contributed by atoms with E-state index in [4.69, 9.17) is 14.2 Å². The number of esters is 1. The first-order chi connectivity index (χ1) is 23.4. The van der Waals surface area contributed by atoms with E-state index in [1.807, 2.05) is 18.2 Å². The van der Waals surface area contributed by atoms with Crippen molar-refractivity contribution in [2.45, 2.75) is 141 Å². The summed E-state index contributed by atoms with van der Waals surface area (Å²) in [5.74, 6) is 2.81. The fourth-order valence-electron chi connectivity index (χ4n) is 13.4. The molecule has 4 heteroatoms. The van der Waals surface area contributed by atoms with Gasteiger partial charge in [0.15, 0.2) is 0 Å². The maximum Gasteiger partial charge on any atom is 0.310 e. The summed E-state index contributed by atoms with van der Waals surface area (Å²) < 4.78 is 20.2. The number of carbonyl (C=O) groups is 1. The monoisotopic (exact) mass is 689 g/mol. The van der Waals surface area contributed by atoms with E-state index in [0.717, 1.165) is 57.5 Å². The van der Waals surface area contributed by atoms with E-state index < -0.39 is 0 Å². The third-order valence-electron chi connectivity index (χ3n) is 16.8. The second-order valence-electron chi connectivity index (χ2n) is 20.5. The summed E-state index contributed by atoms with van der Waals surface area (Å²) >= 11 is 0. The molecule has 280 valence electrons. The van der Waals surface area contributed by atoms with Crippen LogP contribution < -0.4 is 0 Å². The van der Waals surface area contributed by atoms with Gasteiger partial charge in [0.25, 0.3) is 0 Å². The molecule has 4 nitrogen and oxygen atoms in total. The number of hydrogen-bond donors (Lipinski definition) is 0. The van der Waals surface area contributed by atoms with Gasteiger partial charge in [-0.3, -0.25) is 4.79 Å². The fraction of sp³-hybridized carbons (Fsp3) is 0.804. The van der Waals surface area contributed by atoms with Crippen LogP contribution in [0.3, 0.4) is 0 Å². The Morgan fingerprint density at radius 3 is 2.32 bits per heavy atom. The van der Waals surface area contributed by atoms with Crippen molar-refractivity contribution in [2.24, 2.45) is 73.9 Å². The van der Waals surface area contributed by atoms with Gasteiger partial charge in [-0.1, -0.05) is 131 Å². The molecule has 4 fully saturated rings. The number of rotatable bonds is 9. The minimum atomic E-state index is -0.193. The molecule has 0 N–H and O–H groups in total. The summed E-state index contributed by atoms with van der Waals surface area (Å²) in [5, 5.41) is 0. The van der Waals surface area contributed by atoms with E-state index in [9.17, 15) is 4.79 Å². The number of fused-ring (bicyclic) bond motifs is 3. The first kappa shape index (κ1) is 38.1. The molecule has 0 aromatic heterocycles. The number of allylic oxidation sites excluding steroid dienone is 1. The highest BCUT2D eigenvalue weighted by Gasteiger charge is 2.71. The van der Waals surface area contributed by atoms with E-state index in [1.54, 1.807) is 5.57 Å². The summed E-state index contributed by atoms with van der Waals surface area (Å²) in [6.45, 7) is 31.8. The Bertz CT molecular complexity index is 1410. The van der Waals surface area contributed by atoms with Crippen LogP contribution in [-0.2, 0) is 25.6 Å². The van der Waals surface area contributed by atoms with Crippen LogP contribution in [0.2, 0.25) is 0 Å². The SMILES string of the molecule is CC[C@@H](CO[C@H]1[C@H](C)C[C@@]23COC[C@@]1(C)[C@@H]2CC[C@H]1C3=CC[C@@]2(C)[C@H](C(=O)OCc3ccccc3)[C@@](C)([C@H](C)C(C)C)CC[C@]12C)C(C)(C)C. The van der Waals surface area contributed by atoms with Crippen molar-refractivity contribution >= 4 is 5.97 Å². The second-order valence-corrected chi connectivity index (χ2v) is 20.5. The predicted molar refractivity (Wildman–Crippen MR) is 204 cm³/mol. The van der Waals surface area contributed by atoms with Gasteiger partial charge in [0.05, 0.1) is 31.8 Å². The van der Waals surface area contributed by atoms with Crippen LogP contribution in [0.25, 0.3) is 0 Å². The van der Waals surface area contributed by atoms with E-state index >= 15 is 0 Å². The smallest absolute Gasteiger partial charge is 0.310 e. The van der Waals surface area contributed by atoms with Gasteiger partial charge in [0, 0.05) is 10.8 Å². The van der Waals surface area contributed by atoms with E-state index in [2.05, 4.69) is 101 Å². The van der Waals surface area contributed by atoms with Crippen LogP contribution in [0.4, 0.5) is 0 Å². The molecule has 6 rings (SSSR count). The Labute approximate surface area is 306 Å². The molecule has 1 aromatic carbocycles. The van der Waals surface area contributed by atoms with E-state index in [-0.39, 0.29) is 50.5 Å². The minimum Gasteiger partial charge on any atom is -0.461 e. The number of hydrogen-bond acceptors (Lipinski definition) is 4. The molecule has 0 spiro atoms. The first-order valence-electron chi connectivity index (χ1n) is 20.5. The van der Waals surface area contributed by atoms with Gasteiger partial charge in [-0.25, -0.2) is 0 Å². The molecule has 0 radical (unpaired) electrons. The molecule has 3 saturated carbocycles. The highest BCUT2D eigenvalue weighted by atomic mass is 16.5. The molecular weight excluding hydrogens is 617 g/mol. The Balaban J connectivity index is 1.35. The summed E-state index contributed by atoms with van der Waals surface area (Å²) in [5.41, 5.74) is 2.73. The molecule has 2 bridgehead atoms. The lowest BCUT2D eigenvalue weighted by Crippen LogP contribution is -2.69. The standard InChI is InChI=1S/C46H72O4/c1-13-34(41(6,7)8)27-49-39-31(4)25-46-29-48-28-43(39,10)37(46)20-19-35-36(46)21-22-45(12)38(40(47)50-26-33-17-15-14-16-18-33)42(9,32(5)30(2)3)23-24-44(35,45)11/h14-18,21,30-32,34-35,37-39H,13,19-20,22-29H2,1-12H3/t31-,32-,34+,35+,37+,38-,39+,42-,43+,44-,45+,46+/m1/s1. The summed E-state index contributed by atoms with van der Waals surface area (Å²) in [4.78, 5) is 14.7. The van der Waals surface area contributed by atoms with Crippen LogP contribution in [0.1, 0.15) is 134 Å². The molecule has 5 aliphatic rings. The first-order valence-corrected chi connectivity index (χ1v) is 20.5. The maximum atomic E-state index is 14.7. The minimum absolute atomic E-state index is 0.00116. The summed E-state index contributed by atoms with van der Waals surface area (Å²) in [6, 6.07) is 10.2. The molecule has 0 amide bonds. The Kier molecular flexibility index (Phi) is 10.2. The van der Waals surface area contributed by atoms with Gasteiger partial charge >= 0.3 is 5.97 Å². The van der Waals surface area contributed by atoms with Crippen molar-refractivity contribution in [1.29, 1.82) is 0 Å². The van der Waals surface area contributed by atoms with Crippen molar-refractivity contribution in [2.75, 3.05) is 19.8 Å². The van der Waals surface area contributed by atoms with E-state index in [0.29, 0.717) is 42.1 Å². The third kappa shape index (κ3) is 5.79. The molecule has 0 unspecified atom stereocenters. The zero-order valence-electron chi connectivity index (χ0n) is 34.0. The fourth-order valence-corrected chi connectivity index (χ4v) is 13.4. The zero-order valence-corrected chi connectivity index (χ0v) is 34.0. The number of benzene rings is 1. The average Bonchev–Trinajstić information content (AvgIpc) is 3.05. The molecule has 4 aliphatic carbocycles. The van der Waals surface area contributed by atoms with Crippen molar-refractivity contribution in [3.63, 3.8) is 0 Å². The lowest BCUT2D eigenvalue weighted by molar-refractivity contribution is -0.253.